The van der Waals surface area contributed by atoms with E-state index in [-0.39, 0.29) is 0 Å². The monoisotopic (exact) mass is 282 g/mol. The van der Waals surface area contributed by atoms with Gasteiger partial charge in [0.05, 0.1) is 6.61 Å². The molecule has 0 saturated carbocycles. The molecule has 0 aromatic rings. The lowest BCUT2D eigenvalue weighted by Crippen LogP contribution is -2.70. The van der Waals surface area contributed by atoms with Crippen molar-refractivity contribution in [1.29, 1.82) is 0 Å². The van der Waals surface area contributed by atoms with E-state index in [1.54, 1.807) is 0 Å². The maximum atomic E-state index is 5.60. The maximum Gasteiger partial charge on any atom is 0.0507 e. The number of ether oxygens (including phenoxy) is 1. The van der Waals surface area contributed by atoms with Crippen molar-refractivity contribution >= 4 is 0 Å². The standard InChI is InChI=1S/C17H34N2O/c1-5-16(6-2)14-19(11-15-9-10-20-12-15)17(7-3,8-4)13-18-16/h15,18H,5-14H2,1-4H3. The molecular weight excluding hydrogens is 248 g/mol. The molecule has 1 atom stereocenters. The molecule has 2 aliphatic rings. The lowest BCUT2D eigenvalue weighted by Gasteiger charge is -2.55. The minimum absolute atomic E-state index is 0.327. The summed E-state index contributed by atoms with van der Waals surface area (Å²) in [5.74, 6) is 0.747. The van der Waals surface area contributed by atoms with Gasteiger partial charge in [-0.1, -0.05) is 27.7 Å². The number of hydrogen-bond acceptors (Lipinski definition) is 3. The highest BCUT2D eigenvalue weighted by atomic mass is 16.5. The van der Waals surface area contributed by atoms with Gasteiger partial charge in [0.25, 0.3) is 0 Å². The van der Waals surface area contributed by atoms with Gasteiger partial charge in [-0.15, -0.1) is 0 Å². The van der Waals surface area contributed by atoms with Crippen molar-refractivity contribution in [2.75, 3.05) is 32.8 Å². The molecule has 0 aliphatic carbocycles. The van der Waals surface area contributed by atoms with Gasteiger partial charge in [0.15, 0.2) is 0 Å². The molecule has 1 unspecified atom stereocenters. The first kappa shape index (κ1) is 16.3. The van der Waals surface area contributed by atoms with Gasteiger partial charge in [-0.2, -0.15) is 0 Å². The molecule has 3 heteroatoms. The summed E-state index contributed by atoms with van der Waals surface area (Å²) < 4.78 is 5.60. The van der Waals surface area contributed by atoms with Gasteiger partial charge in [0.2, 0.25) is 0 Å². The van der Waals surface area contributed by atoms with E-state index in [2.05, 4.69) is 37.9 Å². The maximum absolute atomic E-state index is 5.60. The molecule has 1 N–H and O–H groups in total. The van der Waals surface area contributed by atoms with Crippen LogP contribution in [-0.4, -0.2) is 48.8 Å². The van der Waals surface area contributed by atoms with Crippen LogP contribution in [0.1, 0.15) is 59.8 Å². The lowest BCUT2D eigenvalue weighted by atomic mass is 9.80. The van der Waals surface area contributed by atoms with E-state index in [0.717, 1.165) is 25.7 Å². The fraction of sp³-hybridized carbons (Fsp3) is 1.00. The molecule has 0 spiro atoms. The summed E-state index contributed by atoms with van der Waals surface area (Å²) in [6.45, 7) is 14.9. The number of piperazine rings is 1. The fourth-order valence-corrected chi connectivity index (χ4v) is 4.02. The molecule has 2 heterocycles. The van der Waals surface area contributed by atoms with Gasteiger partial charge in [0, 0.05) is 37.3 Å². The third kappa shape index (κ3) is 3.05. The Kier molecular flexibility index (Phi) is 5.49. The van der Waals surface area contributed by atoms with E-state index < -0.39 is 0 Å². The smallest absolute Gasteiger partial charge is 0.0507 e. The van der Waals surface area contributed by atoms with Crippen molar-refractivity contribution in [3.8, 4) is 0 Å². The van der Waals surface area contributed by atoms with Crippen LogP contribution in [-0.2, 0) is 4.74 Å². The average molecular weight is 282 g/mol. The molecule has 2 fully saturated rings. The molecular formula is C17H34N2O. The van der Waals surface area contributed by atoms with Gasteiger partial charge < -0.3 is 10.1 Å². The molecule has 0 bridgehead atoms. The minimum Gasteiger partial charge on any atom is -0.381 e. The molecule has 2 aliphatic heterocycles. The van der Waals surface area contributed by atoms with E-state index >= 15 is 0 Å². The summed E-state index contributed by atoms with van der Waals surface area (Å²) in [7, 11) is 0. The molecule has 0 aromatic carbocycles. The Hall–Kier alpha value is -0.120. The summed E-state index contributed by atoms with van der Waals surface area (Å²) in [5.41, 5.74) is 0.684. The Morgan fingerprint density at radius 1 is 1.10 bits per heavy atom. The second-order valence-corrected chi connectivity index (χ2v) is 6.88. The van der Waals surface area contributed by atoms with Crippen molar-refractivity contribution in [3.63, 3.8) is 0 Å². The summed E-state index contributed by atoms with van der Waals surface area (Å²) in [5, 5.41) is 3.91. The SMILES string of the molecule is CCC1(CC)CN(CC2CCOC2)C(CC)(CC)CN1. The number of nitrogens with zero attached hydrogens (tertiary/aromatic N) is 1. The summed E-state index contributed by atoms with van der Waals surface area (Å²) in [6.07, 6.45) is 6.19. The summed E-state index contributed by atoms with van der Waals surface area (Å²) in [4.78, 5) is 2.82. The third-order valence-electron chi connectivity index (χ3n) is 6.13. The predicted octanol–water partition coefficient (Wildman–Crippen LogP) is 3.05. The highest BCUT2D eigenvalue weighted by molar-refractivity contribution is 5.04. The van der Waals surface area contributed by atoms with Crippen molar-refractivity contribution in [3.05, 3.63) is 0 Å². The largest absolute Gasteiger partial charge is 0.381 e. The van der Waals surface area contributed by atoms with Crippen LogP contribution < -0.4 is 5.32 Å². The van der Waals surface area contributed by atoms with Crippen LogP contribution in [0.2, 0.25) is 0 Å². The molecule has 2 saturated heterocycles. The molecule has 3 nitrogen and oxygen atoms in total. The summed E-state index contributed by atoms with van der Waals surface area (Å²) >= 11 is 0. The second-order valence-electron chi connectivity index (χ2n) is 6.88. The zero-order chi connectivity index (χ0) is 14.6. The van der Waals surface area contributed by atoms with Crippen LogP contribution in [0.5, 0.6) is 0 Å². The zero-order valence-electron chi connectivity index (χ0n) is 14.0. The van der Waals surface area contributed by atoms with Crippen molar-refractivity contribution in [1.82, 2.24) is 10.2 Å². The van der Waals surface area contributed by atoms with Crippen LogP contribution in [0.4, 0.5) is 0 Å². The highest BCUT2D eigenvalue weighted by Gasteiger charge is 2.44. The quantitative estimate of drug-likeness (QED) is 0.810. The summed E-state index contributed by atoms with van der Waals surface area (Å²) in [6, 6.07) is 0. The first-order chi connectivity index (χ1) is 9.63. The van der Waals surface area contributed by atoms with E-state index in [1.165, 1.54) is 45.2 Å². The normalized spacial score (nSPS) is 29.7. The topological polar surface area (TPSA) is 24.5 Å². The Morgan fingerprint density at radius 3 is 2.30 bits per heavy atom. The van der Waals surface area contributed by atoms with E-state index in [4.69, 9.17) is 4.74 Å². The highest BCUT2D eigenvalue weighted by Crippen LogP contribution is 2.34. The number of rotatable bonds is 6. The van der Waals surface area contributed by atoms with Crippen LogP contribution in [0.15, 0.2) is 0 Å². The van der Waals surface area contributed by atoms with E-state index in [1.807, 2.05) is 0 Å². The van der Waals surface area contributed by atoms with E-state index in [9.17, 15) is 0 Å². The number of nitrogens with one attached hydrogen (secondary N) is 1. The zero-order valence-corrected chi connectivity index (χ0v) is 14.0. The van der Waals surface area contributed by atoms with Crippen molar-refractivity contribution in [2.45, 2.75) is 70.9 Å². The van der Waals surface area contributed by atoms with Crippen molar-refractivity contribution in [2.24, 2.45) is 5.92 Å². The minimum atomic E-state index is 0.327. The van der Waals surface area contributed by atoms with Crippen LogP contribution in [0.25, 0.3) is 0 Å². The van der Waals surface area contributed by atoms with E-state index in [0.29, 0.717) is 11.1 Å². The van der Waals surface area contributed by atoms with Gasteiger partial charge in [-0.25, -0.2) is 0 Å². The number of hydrogen-bond donors (Lipinski definition) is 1. The van der Waals surface area contributed by atoms with Crippen LogP contribution >= 0.6 is 0 Å². The Bertz CT molecular complexity index is 291. The van der Waals surface area contributed by atoms with Crippen molar-refractivity contribution < 1.29 is 4.74 Å². The van der Waals surface area contributed by atoms with Gasteiger partial charge >= 0.3 is 0 Å². The first-order valence-electron chi connectivity index (χ1n) is 8.71. The average Bonchev–Trinajstić information content (AvgIpc) is 3.00. The predicted molar refractivity (Wildman–Crippen MR) is 85.1 cm³/mol. The van der Waals surface area contributed by atoms with Gasteiger partial charge in [-0.3, -0.25) is 4.90 Å². The second kappa shape index (κ2) is 6.76. The van der Waals surface area contributed by atoms with Crippen LogP contribution in [0.3, 0.4) is 0 Å². The van der Waals surface area contributed by atoms with Crippen LogP contribution in [0, 0.1) is 5.92 Å². The molecule has 0 aromatic heterocycles. The lowest BCUT2D eigenvalue weighted by molar-refractivity contribution is -0.0157. The fourth-order valence-electron chi connectivity index (χ4n) is 4.02. The molecule has 2 rings (SSSR count). The molecule has 0 amide bonds. The molecule has 20 heavy (non-hydrogen) atoms. The molecule has 118 valence electrons. The third-order valence-corrected chi connectivity index (χ3v) is 6.13. The van der Waals surface area contributed by atoms with Gasteiger partial charge in [0.1, 0.15) is 0 Å². The Labute approximate surface area is 125 Å². The Balaban J connectivity index is 2.13. The van der Waals surface area contributed by atoms with Gasteiger partial charge in [-0.05, 0) is 38.0 Å². The molecule has 0 radical (unpaired) electrons. The Morgan fingerprint density at radius 2 is 1.80 bits per heavy atom. The first-order valence-corrected chi connectivity index (χ1v) is 8.71.